The van der Waals surface area contributed by atoms with E-state index < -0.39 is 22.6 Å². The molecule has 0 aliphatic heterocycles. The van der Waals surface area contributed by atoms with Gasteiger partial charge < -0.3 is 4.74 Å². The molecule has 0 bridgehead atoms. The molecule has 0 spiro atoms. The Labute approximate surface area is 198 Å². The number of esters is 1. The lowest BCUT2D eigenvalue weighted by Crippen LogP contribution is -2.25. The van der Waals surface area contributed by atoms with Crippen LogP contribution in [0.1, 0.15) is 61.1 Å². The summed E-state index contributed by atoms with van der Waals surface area (Å²) in [6, 6.07) is 21.2. The predicted octanol–water partition coefficient (Wildman–Crippen LogP) is 7.84. The van der Waals surface area contributed by atoms with Crippen LogP contribution in [0.3, 0.4) is 0 Å². The van der Waals surface area contributed by atoms with Crippen molar-refractivity contribution in [2.45, 2.75) is 50.9 Å². The van der Waals surface area contributed by atoms with Crippen LogP contribution in [-0.4, -0.2) is 5.97 Å². The highest BCUT2D eigenvalue weighted by Crippen LogP contribution is 2.37. The zero-order valence-corrected chi connectivity index (χ0v) is 19.3. The van der Waals surface area contributed by atoms with Crippen LogP contribution in [0.15, 0.2) is 66.7 Å². The first-order valence-electron chi connectivity index (χ1n) is 11.4. The normalized spacial score (nSPS) is 19.2. The molecule has 3 aromatic rings. The lowest BCUT2D eigenvalue weighted by atomic mass is 9.78. The molecule has 1 atom stereocenters. The van der Waals surface area contributed by atoms with Crippen LogP contribution in [0, 0.1) is 17.6 Å². The highest BCUT2D eigenvalue weighted by atomic mass is 35.5. The molecule has 1 aliphatic carbocycles. The monoisotopic (exact) mass is 468 g/mol. The summed E-state index contributed by atoms with van der Waals surface area (Å²) in [5, 5.41) is -0.601. The molecular formula is C28H27ClF2O2. The molecule has 0 aromatic heterocycles. The molecule has 0 N–H and O–H groups in total. The number of carbonyl (C=O) groups excluding carboxylic acids is 1. The Bertz CT molecular complexity index is 1070. The van der Waals surface area contributed by atoms with Crippen molar-refractivity contribution in [1.29, 1.82) is 0 Å². The first-order valence-corrected chi connectivity index (χ1v) is 11.8. The summed E-state index contributed by atoms with van der Waals surface area (Å²) in [4.78, 5) is 12.5. The van der Waals surface area contributed by atoms with Gasteiger partial charge in [-0.1, -0.05) is 73.1 Å². The molecule has 1 saturated carbocycles. The van der Waals surface area contributed by atoms with E-state index >= 15 is 0 Å². The highest BCUT2D eigenvalue weighted by Gasteiger charge is 2.29. The van der Waals surface area contributed by atoms with Gasteiger partial charge in [0.1, 0.15) is 22.4 Å². The van der Waals surface area contributed by atoms with Crippen LogP contribution in [0.5, 0.6) is 5.75 Å². The summed E-state index contributed by atoms with van der Waals surface area (Å²) in [5.41, 5.74) is 3.95. The average molecular weight is 469 g/mol. The quantitative estimate of drug-likeness (QED) is 0.209. The lowest BCUT2D eigenvalue weighted by molar-refractivity contribution is -0.140. The minimum atomic E-state index is -0.940. The molecule has 1 fully saturated rings. The molecule has 2 nitrogen and oxygen atoms in total. The maximum absolute atomic E-state index is 13.6. The van der Waals surface area contributed by atoms with Crippen molar-refractivity contribution >= 4 is 17.6 Å². The fraction of sp³-hybridized carbons (Fsp3) is 0.321. The Kier molecular flexibility index (Phi) is 7.44. The van der Waals surface area contributed by atoms with Gasteiger partial charge in [-0.2, -0.15) is 0 Å². The maximum atomic E-state index is 13.6. The largest absolute Gasteiger partial charge is 0.426 e. The van der Waals surface area contributed by atoms with Crippen LogP contribution in [-0.2, 0) is 11.2 Å². The van der Waals surface area contributed by atoms with Crippen molar-refractivity contribution in [3.63, 3.8) is 0 Å². The van der Waals surface area contributed by atoms with E-state index in [-0.39, 0.29) is 11.7 Å². The zero-order chi connectivity index (χ0) is 23.4. The first-order chi connectivity index (χ1) is 15.9. The number of ether oxygens (including phenoxy) is 1. The molecule has 0 heterocycles. The molecule has 33 heavy (non-hydrogen) atoms. The summed E-state index contributed by atoms with van der Waals surface area (Å²) >= 11 is 5.48. The van der Waals surface area contributed by atoms with E-state index in [0.29, 0.717) is 24.7 Å². The van der Waals surface area contributed by atoms with E-state index in [1.54, 1.807) is 0 Å². The smallest absolute Gasteiger partial charge is 0.314 e. The summed E-state index contributed by atoms with van der Waals surface area (Å²) in [5.74, 6) is -1.88. The van der Waals surface area contributed by atoms with Crippen molar-refractivity contribution in [2.24, 2.45) is 5.92 Å². The zero-order valence-electron chi connectivity index (χ0n) is 18.6. The van der Waals surface area contributed by atoms with Gasteiger partial charge in [0.15, 0.2) is 0 Å². The van der Waals surface area contributed by atoms with Gasteiger partial charge in [0.05, 0.1) is 5.92 Å². The SMILES string of the molecule is CC(Cc1ccc(C2CCC(C(=O)Oc3cc(F)c(Cl)c(F)c3)CC2)cc1)c1ccccc1. The second-order valence-electron chi connectivity index (χ2n) is 8.93. The Balaban J connectivity index is 1.30. The first kappa shape index (κ1) is 23.4. The van der Waals surface area contributed by atoms with Gasteiger partial charge in [-0.05, 0) is 60.6 Å². The highest BCUT2D eigenvalue weighted by molar-refractivity contribution is 6.30. The van der Waals surface area contributed by atoms with E-state index in [1.165, 1.54) is 16.7 Å². The topological polar surface area (TPSA) is 26.3 Å². The summed E-state index contributed by atoms with van der Waals surface area (Å²) < 4.78 is 32.4. The third kappa shape index (κ3) is 5.80. The van der Waals surface area contributed by atoms with Gasteiger partial charge in [-0.3, -0.25) is 4.79 Å². The van der Waals surface area contributed by atoms with E-state index in [0.717, 1.165) is 31.4 Å². The summed E-state index contributed by atoms with van der Waals surface area (Å²) in [6.45, 7) is 2.25. The van der Waals surface area contributed by atoms with E-state index in [2.05, 4.69) is 55.5 Å². The average Bonchev–Trinajstić information content (AvgIpc) is 2.83. The van der Waals surface area contributed by atoms with Gasteiger partial charge in [0, 0.05) is 12.1 Å². The van der Waals surface area contributed by atoms with Crippen LogP contribution >= 0.6 is 11.6 Å². The number of hydrogen-bond acceptors (Lipinski definition) is 2. The van der Waals surface area contributed by atoms with Crippen molar-refractivity contribution in [3.8, 4) is 5.75 Å². The Hall–Kier alpha value is -2.72. The van der Waals surface area contributed by atoms with Crippen LogP contribution in [0.25, 0.3) is 0 Å². The number of benzene rings is 3. The summed E-state index contributed by atoms with van der Waals surface area (Å²) in [6.07, 6.45) is 4.13. The maximum Gasteiger partial charge on any atom is 0.314 e. The second-order valence-corrected chi connectivity index (χ2v) is 9.31. The molecule has 1 unspecified atom stereocenters. The van der Waals surface area contributed by atoms with Gasteiger partial charge in [-0.25, -0.2) is 8.78 Å². The molecule has 4 rings (SSSR count). The standard InChI is InChI=1S/C28H27ClF2O2/c1-18(20-5-3-2-4-6-20)15-19-7-9-21(10-8-19)22-11-13-23(14-12-22)28(32)33-24-16-25(30)27(29)26(31)17-24/h2-10,16-18,22-23H,11-15H2,1H3. The predicted molar refractivity (Wildman–Crippen MR) is 127 cm³/mol. The van der Waals surface area contributed by atoms with Crippen molar-refractivity contribution < 1.29 is 18.3 Å². The van der Waals surface area contributed by atoms with Gasteiger partial charge in [0.2, 0.25) is 0 Å². The minimum Gasteiger partial charge on any atom is -0.426 e. The molecule has 5 heteroatoms. The third-order valence-corrected chi connectivity index (χ3v) is 6.96. The van der Waals surface area contributed by atoms with E-state index in [4.69, 9.17) is 16.3 Å². The van der Waals surface area contributed by atoms with Crippen LogP contribution < -0.4 is 4.74 Å². The summed E-state index contributed by atoms with van der Waals surface area (Å²) in [7, 11) is 0. The number of halogens is 3. The minimum absolute atomic E-state index is 0.151. The Morgan fingerprint density at radius 1 is 0.970 bits per heavy atom. The van der Waals surface area contributed by atoms with Crippen molar-refractivity contribution in [2.75, 3.05) is 0 Å². The fourth-order valence-corrected chi connectivity index (χ4v) is 4.74. The lowest BCUT2D eigenvalue weighted by Gasteiger charge is -2.27. The molecule has 172 valence electrons. The molecule has 1 aliphatic rings. The molecule has 3 aromatic carbocycles. The van der Waals surface area contributed by atoms with E-state index in [9.17, 15) is 13.6 Å². The number of rotatable bonds is 6. The van der Waals surface area contributed by atoms with Gasteiger partial charge in [0.25, 0.3) is 0 Å². The van der Waals surface area contributed by atoms with Crippen LogP contribution in [0.4, 0.5) is 8.78 Å². The molecule has 0 amide bonds. The van der Waals surface area contributed by atoms with Gasteiger partial charge >= 0.3 is 5.97 Å². The third-order valence-electron chi connectivity index (χ3n) is 6.60. The van der Waals surface area contributed by atoms with Crippen LogP contribution in [0.2, 0.25) is 5.02 Å². The Morgan fingerprint density at radius 2 is 1.58 bits per heavy atom. The van der Waals surface area contributed by atoms with E-state index in [1.807, 2.05) is 6.07 Å². The Morgan fingerprint density at radius 3 is 2.18 bits per heavy atom. The van der Waals surface area contributed by atoms with Gasteiger partial charge in [-0.15, -0.1) is 0 Å². The molecule has 0 radical (unpaired) electrons. The number of carbonyl (C=O) groups is 1. The van der Waals surface area contributed by atoms with Crippen molar-refractivity contribution in [1.82, 2.24) is 0 Å². The molecular weight excluding hydrogens is 442 g/mol. The van der Waals surface area contributed by atoms with Crippen molar-refractivity contribution in [3.05, 3.63) is 100 Å². The second kappa shape index (κ2) is 10.5. The molecule has 0 saturated heterocycles. The fourth-order valence-electron chi connectivity index (χ4n) is 4.63. The number of hydrogen-bond donors (Lipinski definition) is 0.